The smallest absolute Gasteiger partial charge is 0.492 e. The Morgan fingerprint density at radius 3 is 2.00 bits per heavy atom. The molecule has 1 aromatic rings. The molecule has 0 spiro atoms. The molecule has 1 amide bonds. The number of nitrogens with one attached hydrogen (secondary N) is 1. The summed E-state index contributed by atoms with van der Waals surface area (Å²) >= 11 is 0. The van der Waals surface area contributed by atoms with Crippen LogP contribution in [-0.2, 0) is 14.0 Å². The fraction of sp³-hybridized carbons (Fsp3) is 0.565. The number of hydrogen-bond donors (Lipinski definition) is 1. The Labute approximate surface area is 190 Å². The topological polar surface area (TPSA) is 92.3 Å². The van der Waals surface area contributed by atoms with E-state index in [0.29, 0.717) is 34.4 Å². The van der Waals surface area contributed by atoms with Gasteiger partial charge in [-0.25, -0.2) is 4.79 Å². The normalized spacial score (nSPS) is 17.7. The summed E-state index contributed by atoms with van der Waals surface area (Å²) in [6, 6.07) is 3.29. The first-order valence-corrected chi connectivity index (χ1v) is 10.5. The number of carbonyl (C=O) groups is 2. The largest absolute Gasteiger partial charge is 0.496 e. The first kappa shape index (κ1) is 25.7. The standard InChI is InChI=1S/C23H34BNO7/c1-21(2,3)30-20(27)25-13-17(24-31-22(4,5)23(6,7)32-24)10-15-11-19(29-9)16(14-26)12-18(15)28-8/h10-12,14H,13H2,1-9H3,(H,25,27). The highest BCUT2D eigenvalue weighted by molar-refractivity contribution is 6.56. The number of rotatable bonds is 7. The van der Waals surface area contributed by atoms with Gasteiger partial charge in [0.1, 0.15) is 17.1 Å². The zero-order chi connectivity index (χ0) is 24.3. The van der Waals surface area contributed by atoms with E-state index in [1.54, 1.807) is 39.0 Å². The van der Waals surface area contributed by atoms with Crippen LogP contribution in [0.4, 0.5) is 4.79 Å². The van der Waals surface area contributed by atoms with Crippen molar-refractivity contribution < 1.29 is 33.1 Å². The van der Waals surface area contributed by atoms with E-state index in [9.17, 15) is 9.59 Å². The Balaban J connectivity index is 2.46. The third-order valence-electron chi connectivity index (χ3n) is 5.44. The van der Waals surface area contributed by atoms with Crippen LogP contribution in [0, 0.1) is 0 Å². The van der Waals surface area contributed by atoms with E-state index in [-0.39, 0.29) is 6.54 Å². The van der Waals surface area contributed by atoms with Crippen molar-refractivity contribution in [1.29, 1.82) is 0 Å². The fourth-order valence-corrected chi connectivity index (χ4v) is 3.03. The highest BCUT2D eigenvalue weighted by atomic mass is 16.7. The first-order valence-electron chi connectivity index (χ1n) is 10.5. The van der Waals surface area contributed by atoms with Crippen molar-refractivity contribution in [3.8, 4) is 11.5 Å². The number of hydrogen-bond acceptors (Lipinski definition) is 7. The molecule has 0 aliphatic carbocycles. The molecule has 0 atom stereocenters. The van der Waals surface area contributed by atoms with E-state index >= 15 is 0 Å². The van der Waals surface area contributed by atoms with Gasteiger partial charge in [0, 0.05) is 12.1 Å². The van der Waals surface area contributed by atoms with Crippen LogP contribution in [0.25, 0.3) is 6.08 Å². The molecule has 9 heteroatoms. The maximum atomic E-state index is 12.3. The molecular weight excluding hydrogens is 413 g/mol. The van der Waals surface area contributed by atoms with E-state index < -0.39 is 30.0 Å². The average molecular weight is 447 g/mol. The lowest BCUT2D eigenvalue weighted by atomic mass is 9.77. The van der Waals surface area contributed by atoms with Gasteiger partial charge in [0.05, 0.1) is 31.0 Å². The molecule has 0 bridgehead atoms. The molecule has 0 saturated carbocycles. The molecule has 0 unspecified atom stereocenters. The van der Waals surface area contributed by atoms with Gasteiger partial charge >= 0.3 is 13.2 Å². The number of aldehydes is 1. The molecule has 1 aromatic carbocycles. The quantitative estimate of drug-likeness (QED) is 0.498. The van der Waals surface area contributed by atoms with Gasteiger partial charge < -0.3 is 28.8 Å². The molecule has 0 aromatic heterocycles. The van der Waals surface area contributed by atoms with Gasteiger partial charge in [0.25, 0.3) is 0 Å². The maximum absolute atomic E-state index is 12.3. The second kappa shape index (κ2) is 9.54. The Hall–Kier alpha value is -2.52. The van der Waals surface area contributed by atoms with Gasteiger partial charge in [-0.1, -0.05) is 6.08 Å². The first-order chi connectivity index (χ1) is 14.7. The van der Waals surface area contributed by atoms with Crippen molar-refractivity contribution in [2.24, 2.45) is 0 Å². The molecule has 2 rings (SSSR count). The maximum Gasteiger partial charge on any atom is 0.492 e. The van der Waals surface area contributed by atoms with Crippen LogP contribution in [0.3, 0.4) is 0 Å². The Morgan fingerprint density at radius 1 is 1.03 bits per heavy atom. The molecule has 1 N–H and O–H groups in total. The van der Waals surface area contributed by atoms with Gasteiger partial charge in [0.2, 0.25) is 0 Å². The summed E-state index contributed by atoms with van der Waals surface area (Å²) in [7, 11) is 2.29. The lowest BCUT2D eigenvalue weighted by Gasteiger charge is -2.32. The van der Waals surface area contributed by atoms with Crippen molar-refractivity contribution in [2.45, 2.75) is 65.3 Å². The van der Waals surface area contributed by atoms with Gasteiger partial charge in [-0.15, -0.1) is 0 Å². The SMILES string of the molecule is COc1cc(C=C(CNC(=O)OC(C)(C)C)B2OC(C)(C)C(C)(C)O2)c(OC)cc1C=O. The summed E-state index contributed by atoms with van der Waals surface area (Å²) < 4.78 is 28.5. The molecular formula is C23H34BNO7. The summed E-state index contributed by atoms with van der Waals surface area (Å²) in [5, 5.41) is 2.76. The zero-order valence-corrected chi connectivity index (χ0v) is 20.5. The van der Waals surface area contributed by atoms with Gasteiger partial charge in [-0.3, -0.25) is 4.79 Å². The summed E-state index contributed by atoms with van der Waals surface area (Å²) in [6.07, 6.45) is 1.95. The average Bonchev–Trinajstić information content (AvgIpc) is 2.90. The minimum Gasteiger partial charge on any atom is -0.496 e. The van der Waals surface area contributed by atoms with Crippen molar-refractivity contribution in [2.75, 3.05) is 20.8 Å². The van der Waals surface area contributed by atoms with E-state index in [2.05, 4.69) is 5.32 Å². The Bertz CT molecular complexity index is 871. The van der Waals surface area contributed by atoms with Crippen LogP contribution in [0.5, 0.6) is 11.5 Å². The Kier molecular flexibility index (Phi) is 7.68. The van der Waals surface area contributed by atoms with Crippen molar-refractivity contribution in [3.05, 3.63) is 28.7 Å². The van der Waals surface area contributed by atoms with Crippen LogP contribution in [-0.4, -0.2) is 57.1 Å². The minimum atomic E-state index is -0.712. The summed E-state index contributed by atoms with van der Waals surface area (Å²) in [5.74, 6) is 0.875. The lowest BCUT2D eigenvalue weighted by molar-refractivity contribution is 0.00578. The van der Waals surface area contributed by atoms with Gasteiger partial charge in [-0.2, -0.15) is 0 Å². The number of alkyl carbamates (subject to hydrolysis) is 1. The van der Waals surface area contributed by atoms with E-state index in [1.165, 1.54) is 14.2 Å². The van der Waals surface area contributed by atoms with Crippen LogP contribution < -0.4 is 14.8 Å². The summed E-state index contributed by atoms with van der Waals surface area (Å²) in [6.45, 7) is 13.3. The van der Waals surface area contributed by atoms with E-state index in [0.717, 1.165) is 0 Å². The highest BCUT2D eigenvalue weighted by Gasteiger charge is 2.52. The van der Waals surface area contributed by atoms with Crippen molar-refractivity contribution in [1.82, 2.24) is 5.32 Å². The highest BCUT2D eigenvalue weighted by Crippen LogP contribution is 2.39. The lowest BCUT2D eigenvalue weighted by Crippen LogP contribution is -2.41. The van der Waals surface area contributed by atoms with Gasteiger partial charge in [0.15, 0.2) is 6.29 Å². The molecule has 0 radical (unpaired) electrons. The number of ether oxygens (including phenoxy) is 3. The molecule has 1 saturated heterocycles. The number of amides is 1. The minimum absolute atomic E-state index is 0.118. The summed E-state index contributed by atoms with van der Waals surface area (Å²) in [4.78, 5) is 23.6. The number of benzene rings is 1. The van der Waals surface area contributed by atoms with Crippen LogP contribution in [0.2, 0.25) is 0 Å². The van der Waals surface area contributed by atoms with E-state index in [1.807, 2.05) is 27.7 Å². The van der Waals surface area contributed by atoms with Crippen LogP contribution in [0.15, 0.2) is 17.6 Å². The van der Waals surface area contributed by atoms with Gasteiger partial charge in [-0.05, 0) is 66.1 Å². The summed E-state index contributed by atoms with van der Waals surface area (Å²) in [5.41, 5.74) is -0.0954. The van der Waals surface area contributed by atoms with Crippen molar-refractivity contribution in [3.63, 3.8) is 0 Å². The van der Waals surface area contributed by atoms with Crippen LogP contribution >= 0.6 is 0 Å². The molecule has 8 nitrogen and oxygen atoms in total. The Morgan fingerprint density at radius 2 is 1.53 bits per heavy atom. The molecule has 1 aliphatic heterocycles. The molecule has 32 heavy (non-hydrogen) atoms. The van der Waals surface area contributed by atoms with E-state index in [4.69, 9.17) is 23.5 Å². The molecule has 176 valence electrons. The predicted octanol–water partition coefficient (Wildman–Crippen LogP) is 4.06. The predicted molar refractivity (Wildman–Crippen MR) is 123 cm³/mol. The number of carbonyl (C=O) groups excluding carboxylic acids is 2. The monoisotopic (exact) mass is 447 g/mol. The third-order valence-corrected chi connectivity index (χ3v) is 5.44. The van der Waals surface area contributed by atoms with Crippen LogP contribution in [0.1, 0.15) is 64.4 Å². The third kappa shape index (κ3) is 6.04. The molecule has 1 fully saturated rings. The van der Waals surface area contributed by atoms with Crippen molar-refractivity contribution >= 4 is 25.6 Å². The second-order valence-electron chi connectivity index (χ2n) is 9.62. The second-order valence-corrected chi connectivity index (χ2v) is 9.62. The fourth-order valence-electron chi connectivity index (χ4n) is 3.03. The zero-order valence-electron chi connectivity index (χ0n) is 20.5. The molecule has 1 heterocycles. The number of methoxy groups -OCH3 is 2. The molecule has 1 aliphatic rings.